The van der Waals surface area contributed by atoms with Crippen LogP contribution >= 0.6 is 11.6 Å². The number of ether oxygens (including phenoxy) is 2. The van der Waals surface area contributed by atoms with Crippen molar-refractivity contribution < 1.29 is 14.3 Å². The van der Waals surface area contributed by atoms with E-state index in [4.69, 9.17) is 26.8 Å². The van der Waals surface area contributed by atoms with Crippen LogP contribution in [0.1, 0.15) is 10.4 Å². The molecule has 0 unspecified atom stereocenters. The molecular formula is C15H15ClN2O3. The summed E-state index contributed by atoms with van der Waals surface area (Å²) in [6, 6.07) is 9.98. The standard InChI is InChI=1S/C15H15ClN2O3/c1-20-12-5-3-4-11(17)14(12)15(19)18-9-6-7-10(16)13(8-9)21-2/h3-8H,17H2,1-2H3,(H,18,19). The number of anilines is 2. The van der Waals surface area contributed by atoms with Gasteiger partial charge in [-0.2, -0.15) is 0 Å². The third-order valence-corrected chi connectivity index (χ3v) is 3.23. The van der Waals surface area contributed by atoms with Gasteiger partial charge in [-0.25, -0.2) is 0 Å². The van der Waals surface area contributed by atoms with Crippen molar-refractivity contribution in [1.29, 1.82) is 0 Å². The van der Waals surface area contributed by atoms with Gasteiger partial charge in [0.25, 0.3) is 5.91 Å². The number of amides is 1. The van der Waals surface area contributed by atoms with E-state index < -0.39 is 0 Å². The lowest BCUT2D eigenvalue weighted by molar-refractivity contribution is 0.102. The fraction of sp³-hybridized carbons (Fsp3) is 0.133. The van der Waals surface area contributed by atoms with Gasteiger partial charge in [0.2, 0.25) is 0 Å². The highest BCUT2D eigenvalue weighted by molar-refractivity contribution is 6.32. The highest BCUT2D eigenvalue weighted by Crippen LogP contribution is 2.29. The highest BCUT2D eigenvalue weighted by Gasteiger charge is 2.16. The lowest BCUT2D eigenvalue weighted by Crippen LogP contribution is -2.15. The molecular weight excluding hydrogens is 292 g/mol. The summed E-state index contributed by atoms with van der Waals surface area (Å²) < 4.78 is 10.3. The quantitative estimate of drug-likeness (QED) is 0.851. The molecule has 5 nitrogen and oxygen atoms in total. The summed E-state index contributed by atoms with van der Waals surface area (Å²) in [7, 11) is 2.99. The zero-order valence-corrected chi connectivity index (χ0v) is 12.4. The van der Waals surface area contributed by atoms with Crippen LogP contribution in [0.3, 0.4) is 0 Å². The number of benzene rings is 2. The number of nitrogens with one attached hydrogen (secondary N) is 1. The van der Waals surface area contributed by atoms with E-state index in [1.807, 2.05) is 0 Å². The van der Waals surface area contributed by atoms with E-state index in [0.717, 1.165) is 0 Å². The zero-order valence-electron chi connectivity index (χ0n) is 11.6. The minimum absolute atomic E-state index is 0.286. The molecule has 0 saturated heterocycles. The third-order valence-electron chi connectivity index (χ3n) is 2.91. The predicted molar refractivity (Wildman–Crippen MR) is 83.4 cm³/mol. The summed E-state index contributed by atoms with van der Waals surface area (Å²) in [4.78, 5) is 12.4. The molecule has 0 bridgehead atoms. The Morgan fingerprint density at radius 3 is 2.52 bits per heavy atom. The average molecular weight is 307 g/mol. The molecule has 0 atom stereocenters. The largest absolute Gasteiger partial charge is 0.496 e. The van der Waals surface area contributed by atoms with Crippen molar-refractivity contribution in [2.45, 2.75) is 0 Å². The maximum absolute atomic E-state index is 12.4. The molecule has 2 rings (SSSR count). The molecule has 0 saturated carbocycles. The predicted octanol–water partition coefficient (Wildman–Crippen LogP) is 3.19. The maximum Gasteiger partial charge on any atom is 0.261 e. The van der Waals surface area contributed by atoms with Crippen LogP contribution in [-0.4, -0.2) is 20.1 Å². The molecule has 0 radical (unpaired) electrons. The first-order chi connectivity index (χ1) is 10.1. The first-order valence-electron chi connectivity index (χ1n) is 6.14. The summed E-state index contributed by atoms with van der Waals surface area (Å²) in [5.41, 5.74) is 7.02. The Kier molecular flexibility index (Phi) is 4.55. The minimum atomic E-state index is -0.366. The van der Waals surface area contributed by atoms with Crippen LogP contribution in [0.2, 0.25) is 5.02 Å². The van der Waals surface area contributed by atoms with E-state index in [-0.39, 0.29) is 11.5 Å². The van der Waals surface area contributed by atoms with Crippen molar-refractivity contribution in [2.24, 2.45) is 0 Å². The van der Waals surface area contributed by atoms with E-state index in [1.54, 1.807) is 36.4 Å². The van der Waals surface area contributed by atoms with Crippen molar-refractivity contribution in [3.63, 3.8) is 0 Å². The molecule has 0 aliphatic rings. The van der Waals surface area contributed by atoms with Gasteiger partial charge in [0.05, 0.1) is 19.2 Å². The molecule has 2 aromatic rings. The lowest BCUT2D eigenvalue weighted by atomic mass is 10.1. The molecule has 0 aromatic heterocycles. The van der Waals surface area contributed by atoms with Gasteiger partial charge >= 0.3 is 0 Å². The summed E-state index contributed by atoms with van der Waals surface area (Å²) in [6.45, 7) is 0. The Hall–Kier alpha value is -2.40. The van der Waals surface area contributed by atoms with E-state index in [9.17, 15) is 4.79 Å². The monoisotopic (exact) mass is 306 g/mol. The van der Waals surface area contributed by atoms with Gasteiger partial charge in [0.15, 0.2) is 0 Å². The number of methoxy groups -OCH3 is 2. The second-order valence-electron chi connectivity index (χ2n) is 4.23. The first-order valence-corrected chi connectivity index (χ1v) is 6.52. The smallest absolute Gasteiger partial charge is 0.261 e. The van der Waals surface area contributed by atoms with Gasteiger partial charge in [0, 0.05) is 17.4 Å². The van der Waals surface area contributed by atoms with Crippen LogP contribution in [0.25, 0.3) is 0 Å². The molecule has 6 heteroatoms. The Labute approximate surface area is 127 Å². The van der Waals surface area contributed by atoms with Crippen LogP contribution in [-0.2, 0) is 0 Å². The molecule has 0 heterocycles. The number of hydrogen-bond acceptors (Lipinski definition) is 4. The third kappa shape index (κ3) is 3.20. The van der Waals surface area contributed by atoms with E-state index in [2.05, 4.69) is 5.32 Å². The molecule has 21 heavy (non-hydrogen) atoms. The van der Waals surface area contributed by atoms with Gasteiger partial charge < -0.3 is 20.5 Å². The number of halogens is 1. The molecule has 0 spiro atoms. The van der Waals surface area contributed by atoms with Crippen LogP contribution in [0.15, 0.2) is 36.4 Å². The van der Waals surface area contributed by atoms with Gasteiger partial charge in [-0.05, 0) is 24.3 Å². The molecule has 2 aromatic carbocycles. The van der Waals surface area contributed by atoms with Crippen LogP contribution < -0.4 is 20.5 Å². The molecule has 1 amide bonds. The highest BCUT2D eigenvalue weighted by atomic mass is 35.5. The van der Waals surface area contributed by atoms with E-state index >= 15 is 0 Å². The SMILES string of the molecule is COc1cc(NC(=O)c2c(N)cccc2OC)ccc1Cl. The van der Waals surface area contributed by atoms with Crippen LogP contribution in [0.5, 0.6) is 11.5 Å². The minimum Gasteiger partial charge on any atom is -0.496 e. The summed E-state index contributed by atoms with van der Waals surface area (Å²) in [5.74, 6) is 0.519. The number of nitrogens with two attached hydrogens (primary N) is 1. The maximum atomic E-state index is 12.4. The Bertz CT molecular complexity index is 674. The fourth-order valence-electron chi connectivity index (χ4n) is 1.89. The van der Waals surface area contributed by atoms with Crippen molar-refractivity contribution in [3.8, 4) is 11.5 Å². The number of carbonyl (C=O) groups excluding carboxylic acids is 1. The molecule has 0 fully saturated rings. The number of hydrogen-bond donors (Lipinski definition) is 2. The zero-order chi connectivity index (χ0) is 15.4. The Morgan fingerprint density at radius 2 is 1.86 bits per heavy atom. The van der Waals surface area contributed by atoms with Crippen molar-refractivity contribution in [2.75, 3.05) is 25.3 Å². The Morgan fingerprint density at radius 1 is 1.14 bits per heavy atom. The van der Waals surface area contributed by atoms with Crippen molar-refractivity contribution >= 4 is 28.9 Å². The first kappa shape index (κ1) is 15.0. The summed E-state index contributed by atoms with van der Waals surface area (Å²) >= 11 is 5.95. The fourth-order valence-corrected chi connectivity index (χ4v) is 2.09. The topological polar surface area (TPSA) is 73.6 Å². The molecule has 0 aliphatic heterocycles. The summed E-state index contributed by atoms with van der Waals surface area (Å²) in [6.07, 6.45) is 0. The van der Waals surface area contributed by atoms with E-state index in [0.29, 0.717) is 27.9 Å². The number of carbonyl (C=O) groups is 1. The molecule has 110 valence electrons. The second-order valence-corrected chi connectivity index (χ2v) is 4.64. The summed E-state index contributed by atoms with van der Waals surface area (Å²) in [5, 5.41) is 3.20. The normalized spacial score (nSPS) is 10.0. The average Bonchev–Trinajstić information content (AvgIpc) is 2.48. The molecule has 0 aliphatic carbocycles. The molecule has 3 N–H and O–H groups in total. The van der Waals surface area contributed by atoms with E-state index in [1.165, 1.54) is 14.2 Å². The van der Waals surface area contributed by atoms with Crippen molar-refractivity contribution in [1.82, 2.24) is 0 Å². The second kappa shape index (κ2) is 6.37. The van der Waals surface area contributed by atoms with Gasteiger partial charge in [-0.3, -0.25) is 4.79 Å². The van der Waals surface area contributed by atoms with Crippen molar-refractivity contribution in [3.05, 3.63) is 47.0 Å². The lowest BCUT2D eigenvalue weighted by Gasteiger charge is -2.12. The van der Waals surface area contributed by atoms with Gasteiger partial charge in [0.1, 0.15) is 17.1 Å². The van der Waals surface area contributed by atoms with Crippen LogP contribution in [0, 0.1) is 0 Å². The number of nitrogen functional groups attached to an aromatic ring is 1. The number of rotatable bonds is 4. The van der Waals surface area contributed by atoms with Crippen LogP contribution in [0.4, 0.5) is 11.4 Å². The Balaban J connectivity index is 2.30. The van der Waals surface area contributed by atoms with Gasteiger partial charge in [-0.15, -0.1) is 0 Å². The van der Waals surface area contributed by atoms with Gasteiger partial charge in [-0.1, -0.05) is 17.7 Å².